The molecule has 1 atom stereocenters. The van der Waals surface area contributed by atoms with Crippen molar-refractivity contribution < 1.29 is 92.6 Å². The Kier molecular flexibility index (Phi) is 8.52. The summed E-state index contributed by atoms with van der Waals surface area (Å²) in [5, 5.41) is -7.75. The fourth-order valence-electron chi connectivity index (χ4n) is 1.86. The number of sulfonamides is 1. The van der Waals surface area contributed by atoms with Gasteiger partial charge in [-0.1, -0.05) is 6.58 Å². The molecule has 0 aliphatic carbocycles. The van der Waals surface area contributed by atoms with Crippen LogP contribution in [0.1, 0.15) is 6.92 Å². The van der Waals surface area contributed by atoms with Crippen molar-refractivity contribution in [3.8, 4) is 0 Å². The third-order valence-electron chi connectivity index (χ3n) is 3.81. The van der Waals surface area contributed by atoms with Crippen molar-refractivity contribution in [2.75, 3.05) is 0 Å². The first-order chi connectivity index (χ1) is 15.3. The van der Waals surface area contributed by atoms with Crippen molar-refractivity contribution in [3.63, 3.8) is 0 Å². The number of nitrogens with one attached hydrogen (secondary N) is 1. The zero-order chi connectivity index (χ0) is 29.8. The lowest BCUT2D eigenvalue weighted by atomic mass is 9.91. The highest BCUT2D eigenvalue weighted by Gasteiger charge is 2.96. The molecule has 0 amide bonds. The van der Waals surface area contributed by atoms with Crippen molar-refractivity contribution >= 4 is 16.0 Å². The second-order valence-electron chi connectivity index (χ2n) is 6.37. The van der Waals surface area contributed by atoms with Gasteiger partial charge in [0, 0.05) is 6.08 Å². The summed E-state index contributed by atoms with van der Waals surface area (Å²) in [4.78, 5) is 10.8. The van der Waals surface area contributed by atoms with Gasteiger partial charge >= 0.3 is 52.9 Å². The van der Waals surface area contributed by atoms with Gasteiger partial charge in [0.05, 0.1) is 0 Å². The number of hydrogen-bond acceptors (Lipinski definition) is 4. The van der Waals surface area contributed by atoms with Crippen LogP contribution in [0.2, 0.25) is 0 Å². The van der Waals surface area contributed by atoms with Crippen molar-refractivity contribution in [2.24, 2.45) is 0 Å². The van der Waals surface area contributed by atoms with Crippen molar-refractivity contribution in [1.29, 1.82) is 0 Å². The monoisotopic (exact) mass is 597 g/mol. The second-order valence-corrected chi connectivity index (χ2v) is 8.12. The highest BCUT2D eigenvalue weighted by Crippen LogP contribution is 2.64. The number of hydrogen-bond donors (Lipinski definition) is 1. The molecule has 0 spiro atoms. The number of halogens is 17. The van der Waals surface area contributed by atoms with E-state index in [-0.39, 0.29) is 17.7 Å². The Morgan fingerprint density at radius 2 is 1.00 bits per heavy atom. The molecule has 0 bridgehead atoms. The Labute approximate surface area is 187 Å². The molecule has 1 N–H and O–H groups in total. The lowest BCUT2D eigenvalue weighted by molar-refractivity contribution is -0.458. The Balaban J connectivity index is 6.79. The largest absolute Gasteiger partial charge is 0.460 e. The maximum absolute atomic E-state index is 13.8. The van der Waals surface area contributed by atoms with Crippen LogP contribution in [0.15, 0.2) is 12.7 Å². The van der Waals surface area contributed by atoms with E-state index in [0.29, 0.717) is 0 Å². The molecule has 0 radical (unpaired) electrons. The predicted molar refractivity (Wildman–Crippen MR) is 78.5 cm³/mol. The van der Waals surface area contributed by atoms with Gasteiger partial charge < -0.3 is 4.74 Å². The second kappa shape index (κ2) is 9.04. The van der Waals surface area contributed by atoms with Crippen LogP contribution in [-0.4, -0.2) is 67.6 Å². The average molecular weight is 597 g/mol. The van der Waals surface area contributed by atoms with Crippen molar-refractivity contribution in [3.05, 3.63) is 12.7 Å². The van der Waals surface area contributed by atoms with Crippen LogP contribution >= 0.6 is 0 Å². The standard InChI is InChI=1S/C13H8F17NO4S/c1-3-5(32)35-4(2)31-36(33,34)13(29,30)11(24,25)9(20,21)7(16,17)6(14,15)8(18,19)10(22,23)12(26,27)28/h3-4,31H,1H2,2H3. The fourth-order valence-corrected chi connectivity index (χ4v) is 2.96. The lowest BCUT2D eigenvalue weighted by Gasteiger charge is -2.42. The number of ether oxygens (including phenoxy) is 1. The molecule has 0 fully saturated rings. The molecule has 214 valence electrons. The summed E-state index contributed by atoms with van der Waals surface area (Å²) in [6, 6.07) is 0. The Morgan fingerprint density at radius 1 is 0.694 bits per heavy atom. The SMILES string of the molecule is C=CC(=O)OC(C)NS(=O)(=O)C(F)(F)C(F)(F)C(F)(F)C(F)(F)C(F)(F)C(F)(F)C(F)(F)C(F)(F)F. The minimum atomic E-state index is -8.93. The van der Waals surface area contributed by atoms with Gasteiger partial charge in [-0.3, -0.25) is 0 Å². The summed E-state index contributed by atoms with van der Waals surface area (Å²) in [6.07, 6.45) is -10.5. The number of alkyl halides is 17. The third-order valence-corrected chi connectivity index (χ3v) is 5.39. The molecule has 0 aliphatic rings. The number of esters is 1. The summed E-state index contributed by atoms with van der Waals surface area (Å²) in [5.74, 6) is -53.9. The van der Waals surface area contributed by atoms with Crippen LogP contribution in [0, 0.1) is 0 Å². The van der Waals surface area contributed by atoms with Gasteiger partial charge in [-0.25, -0.2) is 13.2 Å². The summed E-state index contributed by atoms with van der Waals surface area (Å²) < 4.78 is 250. The molecular weight excluding hydrogens is 589 g/mol. The first-order valence-corrected chi connectivity index (χ1v) is 9.39. The van der Waals surface area contributed by atoms with E-state index in [0.717, 1.165) is 0 Å². The van der Waals surface area contributed by atoms with E-state index in [9.17, 15) is 87.8 Å². The maximum atomic E-state index is 13.8. The van der Waals surface area contributed by atoms with Crippen LogP contribution < -0.4 is 4.72 Å². The van der Waals surface area contributed by atoms with E-state index >= 15 is 0 Å². The predicted octanol–water partition coefficient (Wildman–Crippen LogP) is 4.95. The lowest BCUT2D eigenvalue weighted by Crippen LogP contribution is -2.75. The smallest absolute Gasteiger partial charge is 0.443 e. The molecule has 0 aromatic heterocycles. The van der Waals surface area contributed by atoms with Gasteiger partial charge in [0.2, 0.25) is 0 Å². The fraction of sp³-hybridized carbons (Fsp3) is 0.769. The summed E-state index contributed by atoms with van der Waals surface area (Å²) in [5.41, 5.74) is 0. The van der Waals surface area contributed by atoms with Crippen LogP contribution in [0.4, 0.5) is 74.6 Å². The van der Waals surface area contributed by atoms with E-state index in [1.807, 2.05) is 0 Å². The van der Waals surface area contributed by atoms with Gasteiger partial charge in [0.1, 0.15) is 0 Å². The molecule has 23 heteroatoms. The quantitative estimate of drug-likeness (QED) is 0.159. The van der Waals surface area contributed by atoms with Gasteiger partial charge in [0.25, 0.3) is 10.0 Å². The first-order valence-electron chi connectivity index (χ1n) is 7.91. The maximum Gasteiger partial charge on any atom is 0.460 e. The van der Waals surface area contributed by atoms with Crippen molar-refractivity contribution in [2.45, 2.75) is 60.1 Å². The van der Waals surface area contributed by atoms with E-state index < -0.39 is 69.2 Å². The zero-order valence-corrected chi connectivity index (χ0v) is 17.1. The Morgan fingerprint density at radius 3 is 1.31 bits per heavy atom. The average Bonchev–Trinajstić information content (AvgIpc) is 2.65. The molecule has 0 rings (SSSR count). The minimum Gasteiger partial charge on any atom is -0.443 e. The normalized spacial score (nSPS) is 16.5. The molecule has 0 aromatic rings. The summed E-state index contributed by atoms with van der Waals surface area (Å²) in [6.45, 7) is 2.86. The van der Waals surface area contributed by atoms with Gasteiger partial charge in [-0.15, -0.1) is 0 Å². The molecule has 0 aliphatic heterocycles. The minimum absolute atomic E-state index is 0.172. The first kappa shape index (κ1) is 33.9. The van der Waals surface area contributed by atoms with E-state index in [1.165, 1.54) is 0 Å². The van der Waals surface area contributed by atoms with E-state index in [2.05, 4.69) is 11.3 Å². The third kappa shape index (κ3) is 4.66. The summed E-state index contributed by atoms with van der Waals surface area (Å²) >= 11 is 0. The van der Waals surface area contributed by atoms with E-state index in [1.54, 1.807) is 0 Å². The van der Waals surface area contributed by atoms with Gasteiger partial charge in [-0.2, -0.15) is 79.4 Å². The summed E-state index contributed by atoms with van der Waals surface area (Å²) in [7, 11) is -7.57. The molecule has 5 nitrogen and oxygen atoms in total. The topological polar surface area (TPSA) is 72.5 Å². The van der Waals surface area contributed by atoms with E-state index in [4.69, 9.17) is 0 Å². The van der Waals surface area contributed by atoms with Crippen LogP contribution in [-0.2, 0) is 19.6 Å². The highest BCUT2D eigenvalue weighted by atomic mass is 32.2. The highest BCUT2D eigenvalue weighted by molar-refractivity contribution is 7.90. The molecule has 0 saturated carbocycles. The zero-order valence-electron chi connectivity index (χ0n) is 16.3. The van der Waals surface area contributed by atoms with Crippen LogP contribution in [0.25, 0.3) is 0 Å². The molecule has 0 heterocycles. The van der Waals surface area contributed by atoms with Crippen LogP contribution in [0.3, 0.4) is 0 Å². The number of carbonyl (C=O) groups excluding carboxylic acids is 1. The van der Waals surface area contributed by atoms with Gasteiger partial charge in [-0.05, 0) is 6.92 Å². The molecular formula is C13H8F17NO4S. The molecule has 36 heavy (non-hydrogen) atoms. The molecule has 1 unspecified atom stereocenters. The van der Waals surface area contributed by atoms with Crippen molar-refractivity contribution in [1.82, 2.24) is 4.72 Å². The molecule has 0 aromatic carbocycles. The van der Waals surface area contributed by atoms with Gasteiger partial charge in [0.15, 0.2) is 6.23 Å². The Hall–Kier alpha value is -2.07. The van der Waals surface area contributed by atoms with Crippen LogP contribution in [0.5, 0.6) is 0 Å². The number of rotatable bonds is 11. The Bertz CT molecular complexity index is 956. The number of carbonyl (C=O) groups is 1. The molecule has 0 saturated heterocycles.